The van der Waals surface area contributed by atoms with Crippen LogP contribution >= 0.6 is 0 Å². The molecule has 8 heteroatoms. The molecule has 162 valence electrons. The van der Waals surface area contributed by atoms with Gasteiger partial charge in [-0.2, -0.15) is 0 Å². The molecule has 2 aliphatic rings. The Balaban J connectivity index is 1.37. The van der Waals surface area contributed by atoms with Crippen LogP contribution in [0, 0.1) is 24.5 Å². The van der Waals surface area contributed by atoms with Gasteiger partial charge in [0.1, 0.15) is 23.3 Å². The quantitative estimate of drug-likeness (QED) is 0.613. The number of piperidine rings is 1. The first-order chi connectivity index (χ1) is 15.0. The molecule has 0 amide bonds. The van der Waals surface area contributed by atoms with Crippen LogP contribution in [-0.4, -0.2) is 34.1 Å². The standard InChI is InChI=1S/C23H24F3N5/c1-13-21-19(6-9-27-13)29-22(28-16-3-4-16)23(30-21)31-10-7-14(8-11-31)20(26)17-5-2-15(24)12-18(17)25/h2,5-6,9,12,14,16,20H,3-4,7-8,10-11H2,1H3,(H,28,29)/t20-/m0/s1. The van der Waals surface area contributed by atoms with Gasteiger partial charge in [-0.3, -0.25) is 4.98 Å². The summed E-state index contributed by atoms with van der Waals surface area (Å²) in [6, 6.07) is 5.34. The summed E-state index contributed by atoms with van der Waals surface area (Å²) in [4.78, 5) is 16.1. The van der Waals surface area contributed by atoms with Gasteiger partial charge >= 0.3 is 0 Å². The summed E-state index contributed by atoms with van der Waals surface area (Å²) in [7, 11) is 0. The number of pyridine rings is 1. The fourth-order valence-corrected chi connectivity index (χ4v) is 4.22. The van der Waals surface area contributed by atoms with Crippen LogP contribution < -0.4 is 10.2 Å². The van der Waals surface area contributed by atoms with E-state index in [2.05, 4.69) is 15.2 Å². The molecule has 5 nitrogen and oxygen atoms in total. The number of fused-ring (bicyclic) bond motifs is 1. The maximum absolute atomic E-state index is 15.0. The lowest BCUT2D eigenvalue weighted by Gasteiger charge is -2.35. The molecule has 0 radical (unpaired) electrons. The number of hydrogen-bond donors (Lipinski definition) is 1. The third-order valence-electron chi connectivity index (χ3n) is 6.18. The Bertz CT molecular complexity index is 1110. The molecule has 1 saturated carbocycles. The number of aromatic nitrogens is 3. The van der Waals surface area contributed by atoms with Gasteiger partial charge in [0.2, 0.25) is 0 Å². The zero-order valence-corrected chi connectivity index (χ0v) is 17.3. The summed E-state index contributed by atoms with van der Waals surface area (Å²) in [6.45, 7) is 3.09. The number of halogens is 3. The van der Waals surface area contributed by atoms with Crippen LogP contribution in [0.3, 0.4) is 0 Å². The smallest absolute Gasteiger partial charge is 0.172 e. The van der Waals surface area contributed by atoms with Crippen molar-refractivity contribution in [3.8, 4) is 0 Å². The summed E-state index contributed by atoms with van der Waals surface area (Å²) in [6.07, 6.45) is 3.60. The first-order valence-corrected chi connectivity index (χ1v) is 10.7. The Morgan fingerprint density at radius 1 is 1.06 bits per heavy atom. The predicted molar refractivity (Wildman–Crippen MR) is 114 cm³/mol. The molecule has 1 aliphatic carbocycles. The molecule has 5 rings (SSSR count). The molecule has 2 aromatic heterocycles. The number of anilines is 2. The molecule has 0 unspecified atom stereocenters. The van der Waals surface area contributed by atoms with Gasteiger partial charge in [0.25, 0.3) is 0 Å². The van der Waals surface area contributed by atoms with E-state index in [0.29, 0.717) is 32.0 Å². The van der Waals surface area contributed by atoms with E-state index in [4.69, 9.17) is 9.97 Å². The van der Waals surface area contributed by atoms with E-state index in [1.807, 2.05) is 13.0 Å². The van der Waals surface area contributed by atoms with Crippen molar-refractivity contribution in [2.45, 2.75) is 44.8 Å². The molecule has 2 fully saturated rings. The van der Waals surface area contributed by atoms with Crippen LogP contribution in [0.4, 0.5) is 24.8 Å². The van der Waals surface area contributed by atoms with Crippen molar-refractivity contribution in [2.75, 3.05) is 23.3 Å². The SMILES string of the molecule is Cc1nccc2nc(NC3CC3)c(N3CCC([C@H](F)c4ccc(F)cc4F)CC3)nc12. The molecule has 1 aliphatic heterocycles. The van der Waals surface area contributed by atoms with E-state index < -0.39 is 17.8 Å². The number of hydrogen-bond acceptors (Lipinski definition) is 5. The zero-order valence-electron chi connectivity index (χ0n) is 17.3. The van der Waals surface area contributed by atoms with Crippen molar-refractivity contribution in [1.29, 1.82) is 0 Å². The number of nitrogens with zero attached hydrogens (tertiary/aromatic N) is 4. The number of alkyl halides is 1. The van der Waals surface area contributed by atoms with Gasteiger partial charge in [0, 0.05) is 37.0 Å². The minimum atomic E-state index is -1.46. The van der Waals surface area contributed by atoms with Crippen LogP contribution in [0.25, 0.3) is 11.0 Å². The first-order valence-electron chi connectivity index (χ1n) is 10.7. The Morgan fingerprint density at radius 3 is 2.55 bits per heavy atom. The third-order valence-corrected chi connectivity index (χ3v) is 6.18. The molecule has 0 spiro atoms. The minimum Gasteiger partial charge on any atom is -0.364 e. The predicted octanol–water partition coefficient (Wildman–Crippen LogP) is 5.11. The highest BCUT2D eigenvalue weighted by molar-refractivity contribution is 5.82. The highest BCUT2D eigenvalue weighted by Gasteiger charge is 2.32. The van der Waals surface area contributed by atoms with E-state index in [1.54, 1.807) is 6.20 Å². The molecule has 1 aromatic carbocycles. The number of benzene rings is 1. The summed E-state index contributed by atoms with van der Waals surface area (Å²) >= 11 is 0. The summed E-state index contributed by atoms with van der Waals surface area (Å²) in [5, 5.41) is 3.47. The maximum atomic E-state index is 15.0. The van der Waals surface area contributed by atoms with Gasteiger partial charge in [-0.1, -0.05) is 6.07 Å². The van der Waals surface area contributed by atoms with Gasteiger partial charge in [0.05, 0.1) is 11.2 Å². The van der Waals surface area contributed by atoms with E-state index >= 15 is 4.39 Å². The van der Waals surface area contributed by atoms with E-state index in [0.717, 1.165) is 53.3 Å². The second-order valence-electron chi connectivity index (χ2n) is 8.47. The normalized spacial score (nSPS) is 18.4. The Hall–Kier alpha value is -2.90. The van der Waals surface area contributed by atoms with Crippen LogP contribution in [0.2, 0.25) is 0 Å². The second kappa shape index (κ2) is 7.98. The fraction of sp³-hybridized carbons (Fsp3) is 0.435. The van der Waals surface area contributed by atoms with Crippen molar-refractivity contribution in [1.82, 2.24) is 15.0 Å². The number of nitrogens with one attached hydrogen (secondary N) is 1. The van der Waals surface area contributed by atoms with Crippen LogP contribution in [0.5, 0.6) is 0 Å². The topological polar surface area (TPSA) is 53.9 Å². The lowest BCUT2D eigenvalue weighted by molar-refractivity contribution is 0.193. The Kier molecular flexibility index (Phi) is 5.16. The lowest BCUT2D eigenvalue weighted by atomic mass is 9.88. The first kappa shape index (κ1) is 20.0. The van der Waals surface area contributed by atoms with Gasteiger partial charge in [0.15, 0.2) is 11.6 Å². The summed E-state index contributed by atoms with van der Waals surface area (Å²) < 4.78 is 42.2. The molecular weight excluding hydrogens is 403 g/mol. The molecule has 3 aromatic rings. The Labute approximate surface area is 178 Å². The van der Waals surface area contributed by atoms with Crippen molar-refractivity contribution in [2.24, 2.45) is 5.92 Å². The summed E-state index contributed by atoms with van der Waals surface area (Å²) in [5.41, 5.74) is 2.31. The third kappa shape index (κ3) is 4.03. The summed E-state index contributed by atoms with van der Waals surface area (Å²) in [5.74, 6) is -0.335. The van der Waals surface area contributed by atoms with E-state index in [9.17, 15) is 8.78 Å². The van der Waals surface area contributed by atoms with Gasteiger partial charge in [-0.05, 0) is 50.7 Å². The van der Waals surface area contributed by atoms with Gasteiger partial charge < -0.3 is 10.2 Å². The van der Waals surface area contributed by atoms with Crippen LogP contribution in [0.15, 0.2) is 30.5 Å². The van der Waals surface area contributed by atoms with Crippen molar-refractivity contribution >= 4 is 22.7 Å². The van der Waals surface area contributed by atoms with Crippen LogP contribution in [-0.2, 0) is 0 Å². The molecule has 1 saturated heterocycles. The monoisotopic (exact) mass is 427 g/mol. The highest BCUT2D eigenvalue weighted by atomic mass is 19.1. The van der Waals surface area contributed by atoms with Crippen LogP contribution in [0.1, 0.15) is 43.1 Å². The maximum Gasteiger partial charge on any atom is 0.172 e. The zero-order chi connectivity index (χ0) is 21.5. The van der Waals surface area contributed by atoms with E-state index in [-0.39, 0.29) is 11.5 Å². The molecular formula is C23H24F3N5. The average molecular weight is 427 g/mol. The number of rotatable bonds is 5. The fourth-order valence-electron chi connectivity index (χ4n) is 4.22. The molecule has 3 heterocycles. The number of aryl methyl sites for hydroxylation is 1. The van der Waals surface area contributed by atoms with Gasteiger partial charge in [-0.25, -0.2) is 23.1 Å². The van der Waals surface area contributed by atoms with Crippen molar-refractivity contribution in [3.05, 3.63) is 53.4 Å². The average Bonchev–Trinajstić information content (AvgIpc) is 3.57. The van der Waals surface area contributed by atoms with E-state index in [1.165, 1.54) is 6.07 Å². The largest absolute Gasteiger partial charge is 0.364 e. The second-order valence-corrected chi connectivity index (χ2v) is 8.47. The lowest BCUT2D eigenvalue weighted by Crippen LogP contribution is -2.36. The molecule has 1 atom stereocenters. The van der Waals surface area contributed by atoms with Crippen molar-refractivity contribution in [3.63, 3.8) is 0 Å². The molecule has 31 heavy (non-hydrogen) atoms. The minimum absolute atomic E-state index is 0.0665. The molecule has 0 bridgehead atoms. The highest BCUT2D eigenvalue weighted by Crippen LogP contribution is 2.38. The Morgan fingerprint density at radius 2 is 1.84 bits per heavy atom. The van der Waals surface area contributed by atoms with Gasteiger partial charge in [-0.15, -0.1) is 0 Å². The molecule has 1 N–H and O–H groups in total. The van der Waals surface area contributed by atoms with Crippen molar-refractivity contribution < 1.29 is 13.2 Å².